The molecule has 1 N–H and O–H groups in total. The van der Waals surface area contributed by atoms with E-state index >= 15 is 0 Å². The molecule has 0 amide bonds. The zero-order valence-corrected chi connectivity index (χ0v) is 31.0. The zero-order valence-electron chi connectivity index (χ0n) is 31.0. The van der Waals surface area contributed by atoms with Crippen LogP contribution in [0.5, 0.6) is 5.75 Å². The fraction of sp³-hybridized carbons (Fsp3) is 0.846. The maximum absolute atomic E-state index is 11.5. The first-order chi connectivity index (χ1) is 18.7. The molecule has 2 unspecified atom stereocenters. The molecule has 3 heteroatoms. The van der Waals surface area contributed by atoms with Gasteiger partial charge in [-0.3, -0.25) is 9.80 Å². The minimum Gasteiger partial charge on any atom is -0.507 e. The van der Waals surface area contributed by atoms with Crippen molar-refractivity contribution in [2.75, 3.05) is 14.1 Å². The number of likely N-dealkylation sites (tertiary alicyclic amines) is 2. The van der Waals surface area contributed by atoms with Crippen molar-refractivity contribution < 1.29 is 5.11 Å². The maximum Gasteiger partial charge on any atom is 0.123 e. The van der Waals surface area contributed by atoms with E-state index in [2.05, 4.69) is 140 Å². The fourth-order valence-corrected chi connectivity index (χ4v) is 9.12. The van der Waals surface area contributed by atoms with Gasteiger partial charge in [-0.15, -0.1) is 0 Å². The first-order valence-electron chi connectivity index (χ1n) is 17.0. The Hall–Kier alpha value is -1.06. The summed E-state index contributed by atoms with van der Waals surface area (Å²) < 4.78 is 0. The SMILES string of the molecule is CC(C(Cc1cc(C(C)(C)C)c(O)c(C(C)(C)C)c1)CC1CC(C)(C)N(C)C(C)(C)C1)C1CC(C)(C)N(C)C(C)(C)C1. The molecule has 0 spiro atoms. The third kappa shape index (κ3) is 7.42. The molecule has 0 radical (unpaired) electrons. The van der Waals surface area contributed by atoms with E-state index in [4.69, 9.17) is 0 Å². The highest BCUT2D eigenvalue weighted by Crippen LogP contribution is 2.49. The number of benzene rings is 1. The van der Waals surface area contributed by atoms with Gasteiger partial charge >= 0.3 is 0 Å². The quantitative estimate of drug-likeness (QED) is 0.361. The van der Waals surface area contributed by atoms with Crippen molar-refractivity contribution in [3.05, 3.63) is 28.8 Å². The number of hydrogen-bond donors (Lipinski definition) is 1. The largest absolute Gasteiger partial charge is 0.507 e. The van der Waals surface area contributed by atoms with E-state index in [1.54, 1.807) is 0 Å². The minimum absolute atomic E-state index is 0.106. The summed E-state index contributed by atoms with van der Waals surface area (Å²) in [4.78, 5) is 5.26. The second-order valence-corrected chi connectivity index (χ2v) is 19.4. The van der Waals surface area contributed by atoms with Crippen LogP contribution in [-0.4, -0.2) is 51.2 Å². The molecule has 1 aromatic carbocycles. The van der Waals surface area contributed by atoms with Gasteiger partial charge in [-0.05, 0) is 159 Å². The van der Waals surface area contributed by atoms with Crippen molar-refractivity contribution >= 4 is 0 Å². The van der Waals surface area contributed by atoms with Gasteiger partial charge in [-0.2, -0.15) is 0 Å². The van der Waals surface area contributed by atoms with Crippen LogP contribution < -0.4 is 0 Å². The first-order valence-corrected chi connectivity index (χ1v) is 17.0. The third-order valence-corrected chi connectivity index (χ3v) is 12.1. The number of nitrogens with zero attached hydrogens (tertiary/aromatic N) is 2. The van der Waals surface area contributed by atoms with E-state index in [9.17, 15) is 5.11 Å². The van der Waals surface area contributed by atoms with Gasteiger partial charge < -0.3 is 5.11 Å². The summed E-state index contributed by atoms with van der Waals surface area (Å²) in [6.07, 6.45) is 7.41. The van der Waals surface area contributed by atoms with Crippen molar-refractivity contribution in [1.29, 1.82) is 0 Å². The average molecular weight is 583 g/mol. The van der Waals surface area contributed by atoms with E-state index in [1.807, 2.05) is 0 Å². The van der Waals surface area contributed by atoms with E-state index in [1.165, 1.54) is 37.7 Å². The van der Waals surface area contributed by atoms with Crippen molar-refractivity contribution in [2.24, 2.45) is 23.7 Å². The molecule has 2 aliphatic heterocycles. The predicted octanol–water partition coefficient (Wildman–Crippen LogP) is 9.97. The number of hydrogen-bond acceptors (Lipinski definition) is 3. The van der Waals surface area contributed by atoms with Gasteiger partial charge in [0.05, 0.1) is 0 Å². The molecule has 3 rings (SSSR count). The lowest BCUT2D eigenvalue weighted by atomic mass is 9.63. The summed E-state index contributed by atoms with van der Waals surface area (Å²) in [7, 11) is 4.66. The molecule has 0 saturated carbocycles. The predicted molar refractivity (Wildman–Crippen MR) is 184 cm³/mol. The molecule has 0 aromatic heterocycles. The van der Waals surface area contributed by atoms with Crippen molar-refractivity contribution in [3.8, 4) is 5.75 Å². The van der Waals surface area contributed by atoms with Crippen molar-refractivity contribution in [1.82, 2.24) is 9.80 Å². The van der Waals surface area contributed by atoms with Gasteiger partial charge in [-0.25, -0.2) is 0 Å². The molecule has 242 valence electrons. The van der Waals surface area contributed by atoms with Crippen LogP contribution in [0.2, 0.25) is 0 Å². The highest BCUT2D eigenvalue weighted by molar-refractivity contribution is 5.50. The molecular weight excluding hydrogens is 512 g/mol. The highest BCUT2D eigenvalue weighted by Gasteiger charge is 2.47. The van der Waals surface area contributed by atoms with E-state index in [0.29, 0.717) is 29.4 Å². The van der Waals surface area contributed by atoms with Crippen molar-refractivity contribution in [3.63, 3.8) is 0 Å². The van der Waals surface area contributed by atoms with E-state index < -0.39 is 0 Å². The molecule has 2 heterocycles. The normalized spacial score (nSPS) is 25.4. The monoisotopic (exact) mass is 583 g/mol. The number of aromatic hydroxyl groups is 1. The Morgan fingerprint density at radius 3 is 1.43 bits per heavy atom. The molecule has 1 aromatic rings. The average Bonchev–Trinajstić information content (AvgIpc) is 2.78. The molecular formula is C39H70N2O. The molecule has 0 aliphatic carbocycles. The van der Waals surface area contributed by atoms with E-state index in [0.717, 1.165) is 17.5 Å². The second-order valence-electron chi connectivity index (χ2n) is 19.4. The summed E-state index contributed by atoms with van der Waals surface area (Å²) in [5.74, 6) is 3.15. The van der Waals surface area contributed by atoms with Gasteiger partial charge in [-0.1, -0.05) is 60.6 Å². The lowest BCUT2D eigenvalue weighted by Crippen LogP contribution is -2.60. The Morgan fingerprint density at radius 2 is 1.07 bits per heavy atom. The Morgan fingerprint density at radius 1 is 0.714 bits per heavy atom. The Bertz CT molecular complexity index is 1030. The Labute approximate surface area is 262 Å². The van der Waals surface area contributed by atoms with Crippen LogP contribution >= 0.6 is 0 Å². The first kappa shape index (κ1) is 35.4. The molecule has 2 atom stereocenters. The maximum atomic E-state index is 11.5. The molecule has 42 heavy (non-hydrogen) atoms. The Kier molecular flexibility index (Phi) is 9.60. The number of piperidine rings is 2. The van der Waals surface area contributed by atoms with Crippen LogP contribution in [0.25, 0.3) is 0 Å². The lowest BCUT2D eigenvalue weighted by Gasteiger charge is -2.56. The van der Waals surface area contributed by atoms with Crippen LogP contribution in [-0.2, 0) is 17.3 Å². The minimum atomic E-state index is -0.106. The van der Waals surface area contributed by atoms with Crippen LogP contribution in [0, 0.1) is 23.7 Å². The summed E-state index contributed by atoms with van der Waals surface area (Å²) in [6, 6.07) is 4.71. The smallest absolute Gasteiger partial charge is 0.123 e. The Balaban J connectivity index is 2.07. The summed E-state index contributed by atoms with van der Waals surface area (Å²) >= 11 is 0. The van der Waals surface area contributed by atoms with Crippen molar-refractivity contribution in [2.45, 2.75) is 175 Å². The second kappa shape index (κ2) is 11.4. The van der Waals surface area contributed by atoms with Crippen LogP contribution in [0.15, 0.2) is 12.1 Å². The molecule has 0 bridgehead atoms. The van der Waals surface area contributed by atoms with Crippen LogP contribution in [0.3, 0.4) is 0 Å². The zero-order chi connectivity index (χ0) is 32.4. The topological polar surface area (TPSA) is 26.7 Å². The number of phenolic OH excluding ortho intramolecular Hbond substituents is 1. The lowest BCUT2D eigenvalue weighted by molar-refractivity contribution is -0.0573. The van der Waals surface area contributed by atoms with Gasteiger partial charge in [0.25, 0.3) is 0 Å². The highest BCUT2D eigenvalue weighted by atomic mass is 16.3. The number of phenols is 1. The third-order valence-electron chi connectivity index (χ3n) is 12.1. The molecule has 2 aliphatic rings. The van der Waals surface area contributed by atoms with E-state index in [-0.39, 0.29) is 33.0 Å². The van der Waals surface area contributed by atoms with Crippen LogP contribution in [0.1, 0.15) is 153 Å². The van der Waals surface area contributed by atoms with Gasteiger partial charge in [0.15, 0.2) is 0 Å². The summed E-state index contributed by atoms with van der Waals surface area (Å²) in [6.45, 7) is 35.7. The summed E-state index contributed by atoms with van der Waals surface area (Å²) in [5, 5.41) is 11.5. The fourth-order valence-electron chi connectivity index (χ4n) is 9.12. The number of rotatable bonds is 6. The molecule has 2 fully saturated rings. The standard InChI is InChI=1S/C39H70N2O/c1-26(30-24-38(12,13)41(17)39(14,15)25-30)29(19-28-22-36(8,9)40(16)37(10,11)23-28)18-27-20-31(34(2,3)4)33(42)32(21-27)35(5,6)7/h20-21,26,28-30,42H,18-19,22-25H2,1-17H3. The van der Waals surface area contributed by atoms with Gasteiger partial charge in [0.1, 0.15) is 5.75 Å². The molecule has 3 nitrogen and oxygen atoms in total. The van der Waals surface area contributed by atoms with Gasteiger partial charge in [0, 0.05) is 22.2 Å². The van der Waals surface area contributed by atoms with Crippen LogP contribution in [0.4, 0.5) is 0 Å². The summed E-state index contributed by atoms with van der Waals surface area (Å²) in [5.41, 5.74) is 4.19. The molecule has 2 saturated heterocycles. The van der Waals surface area contributed by atoms with Gasteiger partial charge in [0.2, 0.25) is 0 Å².